The van der Waals surface area contributed by atoms with Gasteiger partial charge in [-0.25, -0.2) is 4.79 Å². The molecule has 35 heavy (non-hydrogen) atoms. The number of carbonyl (C=O) groups is 5. The van der Waals surface area contributed by atoms with Gasteiger partial charge < -0.3 is 33.7 Å². The van der Waals surface area contributed by atoms with E-state index >= 15 is 0 Å². The monoisotopic (exact) mass is 525 g/mol. The van der Waals surface area contributed by atoms with Gasteiger partial charge in [0.15, 0.2) is 12.2 Å². The number of urea groups is 1. The average molecular weight is 526 g/mol. The lowest BCUT2D eigenvalue weighted by Gasteiger charge is -2.44. The lowest BCUT2D eigenvalue weighted by atomic mass is 9.96. The van der Waals surface area contributed by atoms with Crippen LogP contribution in [0.5, 0.6) is 0 Å². The van der Waals surface area contributed by atoms with E-state index in [0.29, 0.717) is 5.01 Å². The first-order valence-electron chi connectivity index (χ1n) is 10.4. The molecule has 16 heteroatoms. The van der Waals surface area contributed by atoms with Crippen molar-refractivity contribution in [2.24, 2.45) is 5.29 Å². The van der Waals surface area contributed by atoms with E-state index in [1.807, 2.05) is 0 Å². The molecule has 0 spiro atoms. The van der Waals surface area contributed by atoms with Crippen LogP contribution in [-0.4, -0.2) is 97.8 Å². The van der Waals surface area contributed by atoms with Crippen molar-refractivity contribution in [3.8, 4) is 0 Å². The predicted molar refractivity (Wildman–Crippen MR) is 115 cm³/mol. The first-order chi connectivity index (χ1) is 16.5. The summed E-state index contributed by atoms with van der Waals surface area (Å²) < 4.78 is 31.3. The van der Waals surface area contributed by atoms with Crippen LogP contribution in [0.3, 0.4) is 0 Å². The quantitative estimate of drug-likeness (QED) is 0.0899. The van der Waals surface area contributed by atoms with Crippen LogP contribution >= 0.6 is 11.6 Å². The van der Waals surface area contributed by atoms with Crippen LogP contribution in [0.15, 0.2) is 5.29 Å². The normalized spacial score (nSPS) is 23.4. The Morgan fingerprint density at radius 1 is 0.914 bits per heavy atom. The molecule has 1 aliphatic rings. The molecule has 0 saturated carbocycles. The second-order valence-electron chi connectivity index (χ2n) is 7.08. The predicted octanol–water partition coefficient (Wildman–Crippen LogP) is 0.0179. The third-order valence-electron chi connectivity index (χ3n) is 4.28. The Labute approximate surface area is 205 Å². The Bertz CT molecular complexity index is 782. The zero-order valence-corrected chi connectivity index (χ0v) is 20.3. The van der Waals surface area contributed by atoms with E-state index in [0.717, 1.165) is 27.7 Å². The van der Waals surface area contributed by atoms with Gasteiger partial charge in [-0.1, -0.05) is 0 Å². The van der Waals surface area contributed by atoms with Gasteiger partial charge in [0.2, 0.25) is 6.29 Å². The minimum absolute atomic E-state index is 0.0751. The fraction of sp³-hybridized carbons (Fsp3) is 0.737. The number of alkyl halides is 1. The van der Waals surface area contributed by atoms with E-state index in [1.54, 1.807) is 0 Å². The number of rotatable bonds is 12. The molecule has 0 radical (unpaired) electrons. The van der Waals surface area contributed by atoms with Gasteiger partial charge in [0.05, 0.1) is 25.0 Å². The summed E-state index contributed by atoms with van der Waals surface area (Å²) in [4.78, 5) is 70.5. The molecule has 1 rings (SSSR count). The van der Waals surface area contributed by atoms with Gasteiger partial charge in [-0.15, -0.1) is 16.5 Å². The number of esters is 4. The van der Waals surface area contributed by atoms with E-state index in [9.17, 15) is 28.9 Å². The molecular weight excluding hydrogens is 498 g/mol. The third-order valence-corrected chi connectivity index (χ3v) is 4.43. The van der Waals surface area contributed by atoms with Crippen LogP contribution in [0.1, 0.15) is 27.7 Å². The van der Waals surface area contributed by atoms with Crippen molar-refractivity contribution in [2.45, 2.75) is 58.3 Å². The topological polar surface area (TPSA) is 185 Å². The number of amides is 2. The van der Waals surface area contributed by atoms with Crippen LogP contribution in [0.25, 0.3) is 0 Å². The van der Waals surface area contributed by atoms with Crippen molar-refractivity contribution < 1.29 is 52.4 Å². The summed E-state index contributed by atoms with van der Waals surface area (Å²) in [7, 11) is 0. The Hall–Kier alpha value is -3.04. The lowest BCUT2D eigenvalue weighted by Crippen LogP contribution is -2.67. The Kier molecular flexibility index (Phi) is 12.9. The van der Waals surface area contributed by atoms with Crippen molar-refractivity contribution in [3.05, 3.63) is 4.91 Å². The lowest BCUT2D eigenvalue weighted by molar-refractivity contribution is -0.270. The highest BCUT2D eigenvalue weighted by molar-refractivity contribution is 6.17. The maximum Gasteiger partial charge on any atom is 0.341 e. The van der Waals surface area contributed by atoms with Gasteiger partial charge in [-0.05, 0) is 0 Å². The first kappa shape index (κ1) is 30.0. The Morgan fingerprint density at radius 3 is 2.03 bits per heavy atom. The van der Waals surface area contributed by atoms with Crippen molar-refractivity contribution in [2.75, 3.05) is 32.2 Å². The molecular formula is C19H28ClN3O12. The molecule has 5 atom stereocenters. The van der Waals surface area contributed by atoms with Crippen LogP contribution in [0.4, 0.5) is 4.79 Å². The highest BCUT2D eigenvalue weighted by atomic mass is 35.5. The number of carbonyl (C=O) groups excluding carboxylic acids is 5. The van der Waals surface area contributed by atoms with E-state index in [1.165, 1.54) is 0 Å². The van der Waals surface area contributed by atoms with Crippen molar-refractivity contribution in [1.82, 2.24) is 10.3 Å². The summed E-state index contributed by atoms with van der Waals surface area (Å²) in [6.07, 6.45) is -5.75. The van der Waals surface area contributed by atoms with Crippen LogP contribution in [-0.2, 0) is 47.6 Å². The number of hydrogen-bond acceptors (Lipinski definition) is 13. The summed E-state index contributed by atoms with van der Waals surface area (Å²) in [6.45, 7) is 3.65. The van der Waals surface area contributed by atoms with Crippen LogP contribution < -0.4 is 5.32 Å². The summed E-state index contributed by atoms with van der Waals surface area (Å²) in [5.41, 5.74) is 0. The molecule has 198 valence electrons. The molecule has 1 heterocycles. The number of halogens is 1. The van der Waals surface area contributed by atoms with Gasteiger partial charge in [0, 0.05) is 33.6 Å². The SMILES string of the molecule is CC(=O)OCC1OC(OC(C)=O)C(NC(=O)N(CCOCCCl)N=O)C(OC(C)=O)C1OC(C)=O. The average Bonchev–Trinajstić information content (AvgIpc) is 2.75. The standard InChI is InChI=1S/C19H28ClN3O12/c1-10(24)31-9-14-16(32-11(2)25)17(33-12(3)26)15(18(35-14)34-13(4)27)21-19(28)23(22-29)6-8-30-7-5-20/h14-18H,5-9H2,1-4H3,(H,21,28). The van der Waals surface area contributed by atoms with Gasteiger partial charge in [0.25, 0.3) is 0 Å². The summed E-state index contributed by atoms with van der Waals surface area (Å²) >= 11 is 5.50. The highest BCUT2D eigenvalue weighted by Crippen LogP contribution is 2.28. The molecule has 15 nitrogen and oxygen atoms in total. The van der Waals surface area contributed by atoms with Gasteiger partial charge >= 0.3 is 29.9 Å². The van der Waals surface area contributed by atoms with E-state index in [2.05, 4.69) is 10.6 Å². The molecule has 5 unspecified atom stereocenters. The number of nitroso groups, excluding NO2 is 1. The zero-order chi connectivity index (χ0) is 26.5. The summed E-state index contributed by atoms with van der Waals surface area (Å²) in [5, 5.41) is 5.42. The molecule has 2 amide bonds. The molecule has 1 fully saturated rings. The molecule has 1 N–H and O–H groups in total. The zero-order valence-electron chi connectivity index (χ0n) is 19.6. The molecule has 0 bridgehead atoms. The Morgan fingerprint density at radius 2 is 1.51 bits per heavy atom. The molecule has 0 aromatic carbocycles. The third kappa shape index (κ3) is 10.4. The highest BCUT2D eigenvalue weighted by Gasteiger charge is 2.52. The van der Waals surface area contributed by atoms with E-state index in [-0.39, 0.29) is 25.6 Å². The van der Waals surface area contributed by atoms with Gasteiger partial charge in [-0.2, -0.15) is 5.01 Å². The van der Waals surface area contributed by atoms with Crippen molar-refractivity contribution in [3.63, 3.8) is 0 Å². The van der Waals surface area contributed by atoms with E-state index in [4.69, 9.17) is 40.0 Å². The first-order valence-corrected chi connectivity index (χ1v) is 10.9. The van der Waals surface area contributed by atoms with Crippen LogP contribution in [0, 0.1) is 4.91 Å². The second-order valence-corrected chi connectivity index (χ2v) is 7.46. The largest absolute Gasteiger partial charge is 0.463 e. The van der Waals surface area contributed by atoms with E-state index < -0.39 is 67.2 Å². The van der Waals surface area contributed by atoms with Crippen molar-refractivity contribution >= 4 is 41.5 Å². The summed E-state index contributed by atoms with van der Waals surface area (Å²) in [6, 6.07) is -2.56. The number of ether oxygens (including phenoxy) is 6. The number of nitrogens with one attached hydrogen (secondary N) is 1. The minimum Gasteiger partial charge on any atom is -0.463 e. The number of hydrogen-bond donors (Lipinski definition) is 1. The maximum absolute atomic E-state index is 12.7. The van der Waals surface area contributed by atoms with Crippen LogP contribution in [0.2, 0.25) is 0 Å². The molecule has 0 aliphatic carbocycles. The number of nitrogens with zero attached hydrogens (tertiary/aromatic N) is 2. The van der Waals surface area contributed by atoms with Gasteiger partial charge in [0.1, 0.15) is 18.8 Å². The second kappa shape index (κ2) is 15.1. The smallest absolute Gasteiger partial charge is 0.341 e. The minimum atomic E-state index is -1.60. The molecule has 1 aliphatic heterocycles. The summed E-state index contributed by atoms with van der Waals surface area (Å²) in [5.74, 6) is -3.00. The fourth-order valence-corrected chi connectivity index (χ4v) is 3.13. The van der Waals surface area contributed by atoms with Crippen molar-refractivity contribution in [1.29, 1.82) is 0 Å². The Balaban J connectivity index is 3.28. The molecule has 0 aromatic heterocycles. The molecule has 1 saturated heterocycles. The molecule has 0 aromatic rings. The maximum atomic E-state index is 12.7. The van der Waals surface area contributed by atoms with Gasteiger partial charge in [-0.3, -0.25) is 19.2 Å². The fourth-order valence-electron chi connectivity index (χ4n) is 3.02.